The molecule has 0 amide bonds. The molecule has 1 aliphatic carbocycles. The highest BCUT2D eigenvalue weighted by Gasteiger charge is 2.40. The van der Waals surface area contributed by atoms with E-state index in [1.54, 1.807) is 5.56 Å². The van der Waals surface area contributed by atoms with Crippen LogP contribution in [0.5, 0.6) is 0 Å². The zero-order valence-corrected chi connectivity index (χ0v) is 14.5. The lowest BCUT2D eigenvalue weighted by Crippen LogP contribution is -2.37. The Labute approximate surface area is 131 Å². The van der Waals surface area contributed by atoms with Crippen LogP contribution < -0.4 is 5.32 Å². The third-order valence-corrected chi connectivity index (χ3v) is 5.63. The van der Waals surface area contributed by atoms with Gasteiger partial charge < -0.3 is 5.32 Å². The highest BCUT2D eigenvalue weighted by atomic mass is 14.9. The van der Waals surface area contributed by atoms with Crippen LogP contribution in [0.2, 0.25) is 0 Å². The largest absolute Gasteiger partial charge is 0.310 e. The van der Waals surface area contributed by atoms with Gasteiger partial charge in [-0.05, 0) is 60.8 Å². The van der Waals surface area contributed by atoms with Crippen molar-refractivity contribution >= 4 is 0 Å². The third-order valence-electron chi connectivity index (χ3n) is 5.63. The average molecular weight is 287 g/mol. The first-order valence-corrected chi connectivity index (χ1v) is 9.05. The zero-order valence-electron chi connectivity index (χ0n) is 14.5. The maximum atomic E-state index is 3.86. The average Bonchev–Trinajstić information content (AvgIpc) is 3.02. The Hall–Kier alpha value is -0.820. The molecule has 2 rings (SSSR count). The van der Waals surface area contributed by atoms with Crippen molar-refractivity contribution in [1.29, 1.82) is 0 Å². The van der Waals surface area contributed by atoms with Crippen LogP contribution in [0.25, 0.3) is 0 Å². The molecule has 1 unspecified atom stereocenters. The molecule has 0 aliphatic heterocycles. The smallest absolute Gasteiger partial charge is 0.0379 e. The summed E-state index contributed by atoms with van der Waals surface area (Å²) in [7, 11) is 0. The SMILES string of the molecule is CCNC(c1cc(CC)ccc1CC)C1(CC)CCCC1. The molecule has 118 valence electrons. The number of benzene rings is 1. The van der Waals surface area contributed by atoms with Crippen molar-refractivity contribution in [3.63, 3.8) is 0 Å². The van der Waals surface area contributed by atoms with Crippen molar-refractivity contribution in [3.8, 4) is 0 Å². The van der Waals surface area contributed by atoms with Crippen molar-refractivity contribution in [2.75, 3.05) is 6.54 Å². The molecule has 1 nitrogen and oxygen atoms in total. The van der Waals surface area contributed by atoms with E-state index in [1.165, 1.54) is 43.2 Å². The Bertz CT molecular complexity index is 443. The van der Waals surface area contributed by atoms with E-state index in [9.17, 15) is 0 Å². The minimum absolute atomic E-state index is 0.478. The van der Waals surface area contributed by atoms with Gasteiger partial charge in [0.25, 0.3) is 0 Å². The summed E-state index contributed by atoms with van der Waals surface area (Å²) in [6, 6.07) is 7.72. The molecule has 1 aliphatic rings. The number of nitrogens with one attached hydrogen (secondary N) is 1. The first kappa shape index (κ1) is 16.5. The number of aryl methyl sites for hydroxylation is 2. The van der Waals surface area contributed by atoms with E-state index < -0.39 is 0 Å². The van der Waals surface area contributed by atoms with Gasteiger partial charge in [0, 0.05) is 6.04 Å². The molecule has 0 saturated heterocycles. The Kier molecular flexibility index (Phi) is 5.87. The predicted molar refractivity (Wildman–Crippen MR) is 92.8 cm³/mol. The Morgan fingerprint density at radius 3 is 2.29 bits per heavy atom. The molecule has 0 heterocycles. The summed E-state index contributed by atoms with van der Waals surface area (Å²) in [5.41, 5.74) is 5.08. The second kappa shape index (κ2) is 7.45. The van der Waals surface area contributed by atoms with E-state index in [0.717, 1.165) is 19.4 Å². The highest BCUT2D eigenvalue weighted by molar-refractivity contribution is 5.36. The summed E-state index contributed by atoms with van der Waals surface area (Å²) in [6.45, 7) is 10.3. The lowest BCUT2D eigenvalue weighted by molar-refractivity contribution is 0.188. The zero-order chi connectivity index (χ0) is 15.3. The maximum Gasteiger partial charge on any atom is 0.0379 e. The first-order chi connectivity index (χ1) is 10.2. The van der Waals surface area contributed by atoms with Crippen LogP contribution in [0.3, 0.4) is 0 Å². The summed E-state index contributed by atoms with van der Waals surface area (Å²) in [5.74, 6) is 0. The van der Waals surface area contributed by atoms with E-state index in [-0.39, 0.29) is 0 Å². The van der Waals surface area contributed by atoms with Crippen LogP contribution in [0.1, 0.15) is 82.5 Å². The Morgan fingerprint density at radius 1 is 1.05 bits per heavy atom. The molecule has 0 bridgehead atoms. The van der Waals surface area contributed by atoms with Crippen molar-refractivity contribution in [2.24, 2.45) is 5.41 Å². The predicted octanol–water partition coefficient (Wildman–Crippen LogP) is 5.43. The van der Waals surface area contributed by atoms with Gasteiger partial charge in [0.2, 0.25) is 0 Å². The van der Waals surface area contributed by atoms with Crippen molar-refractivity contribution < 1.29 is 0 Å². The molecule has 1 atom stereocenters. The van der Waals surface area contributed by atoms with Crippen LogP contribution in [0.4, 0.5) is 0 Å². The summed E-state index contributed by atoms with van der Waals surface area (Å²) in [6.07, 6.45) is 9.16. The molecule has 1 saturated carbocycles. The second-order valence-corrected chi connectivity index (χ2v) is 6.65. The van der Waals surface area contributed by atoms with Crippen LogP contribution in [-0.4, -0.2) is 6.54 Å². The third kappa shape index (κ3) is 3.34. The molecular formula is C20H33N. The minimum Gasteiger partial charge on any atom is -0.310 e. The molecule has 0 radical (unpaired) electrons. The van der Waals surface area contributed by atoms with E-state index in [0.29, 0.717) is 11.5 Å². The first-order valence-electron chi connectivity index (χ1n) is 9.05. The van der Waals surface area contributed by atoms with Crippen molar-refractivity contribution in [3.05, 3.63) is 34.9 Å². The van der Waals surface area contributed by atoms with Crippen LogP contribution in [-0.2, 0) is 12.8 Å². The topological polar surface area (TPSA) is 12.0 Å². The van der Waals surface area contributed by atoms with E-state index >= 15 is 0 Å². The van der Waals surface area contributed by atoms with E-state index in [4.69, 9.17) is 0 Å². The number of rotatable bonds is 7. The monoisotopic (exact) mass is 287 g/mol. The number of hydrogen-bond acceptors (Lipinski definition) is 1. The fraction of sp³-hybridized carbons (Fsp3) is 0.700. The minimum atomic E-state index is 0.478. The van der Waals surface area contributed by atoms with E-state index in [1.807, 2.05) is 0 Å². The quantitative estimate of drug-likeness (QED) is 0.705. The van der Waals surface area contributed by atoms with Gasteiger partial charge in [-0.3, -0.25) is 0 Å². The molecule has 1 aromatic rings. The second-order valence-electron chi connectivity index (χ2n) is 6.65. The molecule has 0 spiro atoms. The maximum absolute atomic E-state index is 3.86. The van der Waals surface area contributed by atoms with Gasteiger partial charge in [0.15, 0.2) is 0 Å². The van der Waals surface area contributed by atoms with Crippen LogP contribution in [0, 0.1) is 5.41 Å². The summed E-state index contributed by atoms with van der Waals surface area (Å²) in [4.78, 5) is 0. The molecule has 1 heteroatoms. The highest BCUT2D eigenvalue weighted by Crippen LogP contribution is 2.50. The lowest BCUT2D eigenvalue weighted by atomic mass is 9.72. The van der Waals surface area contributed by atoms with Gasteiger partial charge in [-0.1, -0.05) is 58.7 Å². The van der Waals surface area contributed by atoms with Gasteiger partial charge in [-0.15, -0.1) is 0 Å². The van der Waals surface area contributed by atoms with Gasteiger partial charge in [-0.2, -0.15) is 0 Å². The lowest BCUT2D eigenvalue weighted by Gasteiger charge is -2.39. The summed E-state index contributed by atoms with van der Waals surface area (Å²) < 4.78 is 0. The number of hydrogen-bond donors (Lipinski definition) is 1. The van der Waals surface area contributed by atoms with Gasteiger partial charge in [0.1, 0.15) is 0 Å². The van der Waals surface area contributed by atoms with E-state index in [2.05, 4.69) is 51.2 Å². The molecule has 1 aromatic carbocycles. The van der Waals surface area contributed by atoms with Crippen molar-refractivity contribution in [1.82, 2.24) is 5.32 Å². The molecule has 21 heavy (non-hydrogen) atoms. The Balaban J connectivity index is 2.46. The summed E-state index contributed by atoms with van der Waals surface area (Å²) >= 11 is 0. The van der Waals surface area contributed by atoms with Crippen molar-refractivity contribution in [2.45, 2.75) is 78.7 Å². The molecule has 1 fully saturated rings. The molecule has 0 aromatic heterocycles. The van der Waals surface area contributed by atoms with Crippen LogP contribution in [0.15, 0.2) is 18.2 Å². The van der Waals surface area contributed by atoms with Gasteiger partial charge >= 0.3 is 0 Å². The van der Waals surface area contributed by atoms with Gasteiger partial charge in [-0.25, -0.2) is 0 Å². The Morgan fingerprint density at radius 2 is 1.76 bits per heavy atom. The standard InChI is InChI=1S/C20H33N/c1-5-16-11-12-17(6-2)18(15-16)19(21-8-4)20(7-3)13-9-10-14-20/h11-12,15,19,21H,5-10,13-14H2,1-4H3. The fourth-order valence-corrected chi connectivity index (χ4v) is 4.24. The van der Waals surface area contributed by atoms with Crippen LogP contribution >= 0.6 is 0 Å². The van der Waals surface area contributed by atoms with Gasteiger partial charge in [0.05, 0.1) is 0 Å². The fourth-order valence-electron chi connectivity index (χ4n) is 4.24. The normalized spacial score (nSPS) is 18.9. The molecular weight excluding hydrogens is 254 g/mol. The molecule has 1 N–H and O–H groups in total. The summed E-state index contributed by atoms with van der Waals surface area (Å²) in [5, 5.41) is 3.86.